The van der Waals surface area contributed by atoms with Crippen molar-refractivity contribution in [2.75, 3.05) is 7.11 Å². The van der Waals surface area contributed by atoms with E-state index >= 15 is 0 Å². The molecule has 0 bridgehead atoms. The zero-order chi connectivity index (χ0) is 24.2. The van der Waals surface area contributed by atoms with Crippen molar-refractivity contribution < 1.29 is 9.53 Å². The number of esters is 1. The van der Waals surface area contributed by atoms with Crippen LogP contribution in [0.3, 0.4) is 0 Å². The van der Waals surface area contributed by atoms with Crippen molar-refractivity contribution >= 4 is 28.7 Å². The average molecular weight is 488 g/mol. The molecular weight excluding hydrogens is 462 g/mol. The van der Waals surface area contributed by atoms with Gasteiger partial charge in [-0.25, -0.2) is 9.78 Å². The molecule has 1 saturated carbocycles. The molecule has 8 nitrogen and oxygen atoms in total. The first-order chi connectivity index (χ1) is 17.2. The zero-order valence-electron chi connectivity index (χ0n) is 19.3. The van der Waals surface area contributed by atoms with Crippen molar-refractivity contribution in [3.8, 4) is 16.4 Å². The van der Waals surface area contributed by atoms with Crippen LogP contribution >= 0.6 is 11.3 Å². The maximum absolute atomic E-state index is 13.5. The third kappa shape index (κ3) is 4.72. The van der Waals surface area contributed by atoms with E-state index in [9.17, 15) is 9.59 Å². The van der Waals surface area contributed by atoms with Crippen LogP contribution in [-0.2, 0) is 4.74 Å². The quantitative estimate of drug-likeness (QED) is 0.246. The molecule has 0 aliphatic heterocycles. The van der Waals surface area contributed by atoms with E-state index in [1.807, 2.05) is 35.7 Å². The fourth-order valence-electron chi connectivity index (χ4n) is 4.41. The minimum atomic E-state index is -0.505. The minimum absolute atomic E-state index is 0.191. The van der Waals surface area contributed by atoms with E-state index in [0.29, 0.717) is 16.4 Å². The summed E-state index contributed by atoms with van der Waals surface area (Å²) < 4.78 is 6.31. The Labute approximate surface area is 206 Å². The molecule has 9 heteroatoms. The molecule has 178 valence electrons. The number of carbonyl (C=O) groups excluding carboxylic acids is 1. The van der Waals surface area contributed by atoms with Crippen LogP contribution in [0.1, 0.15) is 54.1 Å². The van der Waals surface area contributed by atoms with Gasteiger partial charge in [-0.15, -0.1) is 21.6 Å². The van der Waals surface area contributed by atoms with E-state index in [-0.39, 0.29) is 17.2 Å². The summed E-state index contributed by atoms with van der Waals surface area (Å²) in [4.78, 5) is 30.4. The van der Waals surface area contributed by atoms with Gasteiger partial charge >= 0.3 is 11.5 Å². The Hall–Kier alpha value is -3.85. The summed E-state index contributed by atoms with van der Waals surface area (Å²) in [5, 5.41) is 14.4. The van der Waals surface area contributed by atoms with Gasteiger partial charge in [-0.1, -0.05) is 61.7 Å². The maximum atomic E-state index is 13.5. The molecule has 1 fully saturated rings. The van der Waals surface area contributed by atoms with Crippen LogP contribution in [0.5, 0.6) is 0 Å². The highest BCUT2D eigenvalue weighted by Crippen LogP contribution is 2.36. The monoisotopic (exact) mass is 487 g/mol. The molecular formula is C26H25N5O3S. The first kappa shape index (κ1) is 22.9. The third-order valence-electron chi connectivity index (χ3n) is 6.23. The fourth-order valence-corrected chi connectivity index (χ4v) is 5.20. The van der Waals surface area contributed by atoms with E-state index in [0.717, 1.165) is 42.6 Å². The molecule has 0 unspecified atom stereocenters. The number of hydrogen-bond acceptors (Lipinski definition) is 7. The van der Waals surface area contributed by atoms with Crippen LogP contribution in [0, 0.1) is 0 Å². The number of nitrogens with one attached hydrogen (secondary N) is 1. The summed E-state index contributed by atoms with van der Waals surface area (Å²) in [7, 11) is 1.32. The number of H-pyrrole nitrogens is 1. The van der Waals surface area contributed by atoms with Gasteiger partial charge in [0.15, 0.2) is 5.69 Å². The summed E-state index contributed by atoms with van der Waals surface area (Å²) in [6.07, 6.45) is 5.37. The number of thiazole rings is 1. The van der Waals surface area contributed by atoms with Gasteiger partial charge in [0.1, 0.15) is 5.69 Å². The van der Waals surface area contributed by atoms with Gasteiger partial charge in [-0.3, -0.25) is 9.89 Å². The second kappa shape index (κ2) is 10.2. The van der Waals surface area contributed by atoms with Crippen molar-refractivity contribution in [3.63, 3.8) is 0 Å². The van der Waals surface area contributed by atoms with Gasteiger partial charge in [-0.05, 0) is 25.0 Å². The first-order valence-corrected chi connectivity index (χ1v) is 12.5. The lowest BCUT2D eigenvalue weighted by atomic mass is 9.86. The Balaban J connectivity index is 1.56. The molecule has 5 rings (SSSR count). The summed E-state index contributed by atoms with van der Waals surface area (Å²) in [6, 6.07) is 16.6. The van der Waals surface area contributed by atoms with Crippen LogP contribution in [0.15, 0.2) is 75.0 Å². The molecule has 0 amide bonds. The van der Waals surface area contributed by atoms with E-state index in [4.69, 9.17) is 9.72 Å². The number of nitrogens with zero attached hydrogens (tertiary/aromatic N) is 4. The molecule has 35 heavy (non-hydrogen) atoms. The number of aromatic amines is 1. The van der Waals surface area contributed by atoms with Crippen LogP contribution in [0.25, 0.3) is 16.4 Å². The SMILES string of the molecule is COC(=O)c1ccccc1N=Nc1c(C2CCCCC2)[nH]n(-c2nc(-c3ccccc3)cs2)c1=O. The molecule has 1 aliphatic rings. The molecule has 0 saturated heterocycles. The molecule has 0 radical (unpaired) electrons. The van der Waals surface area contributed by atoms with Gasteiger partial charge < -0.3 is 4.74 Å². The second-order valence-corrected chi connectivity index (χ2v) is 9.28. The first-order valence-electron chi connectivity index (χ1n) is 11.6. The molecule has 0 atom stereocenters. The highest BCUT2D eigenvalue weighted by Gasteiger charge is 2.26. The Morgan fingerprint density at radius 2 is 1.80 bits per heavy atom. The number of carbonyl (C=O) groups is 1. The molecule has 1 aliphatic carbocycles. The van der Waals surface area contributed by atoms with Crippen LogP contribution in [0.4, 0.5) is 11.4 Å². The topological polar surface area (TPSA) is 102 Å². The number of aromatic nitrogens is 3. The summed E-state index contributed by atoms with van der Waals surface area (Å²) >= 11 is 1.39. The highest BCUT2D eigenvalue weighted by atomic mass is 32.1. The molecule has 0 spiro atoms. The summed E-state index contributed by atoms with van der Waals surface area (Å²) in [5.74, 6) is -0.314. The summed E-state index contributed by atoms with van der Waals surface area (Å²) in [5.41, 5.74) is 3.16. The number of hydrogen-bond donors (Lipinski definition) is 1. The van der Waals surface area contributed by atoms with E-state index in [1.54, 1.807) is 24.3 Å². The largest absolute Gasteiger partial charge is 0.465 e. The third-order valence-corrected chi connectivity index (χ3v) is 7.05. The van der Waals surface area contributed by atoms with Crippen molar-refractivity contribution in [1.29, 1.82) is 0 Å². The number of rotatable bonds is 6. The van der Waals surface area contributed by atoms with Crippen molar-refractivity contribution in [2.24, 2.45) is 10.2 Å². The number of ether oxygens (including phenoxy) is 1. The Bertz CT molecular complexity index is 1410. The van der Waals surface area contributed by atoms with Crippen LogP contribution < -0.4 is 5.56 Å². The van der Waals surface area contributed by atoms with E-state index < -0.39 is 5.97 Å². The minimum Gasteiger partial charge on any atom is -0.465 e. The lowest BCUT2D eigenvalue weighted by Gasteiger charge is -2.20. The fraction of sp³-hybridized carbons (Fsp3) is 0.269. The van der Waals surface area contributed by atoms with Crippen LogP contribution in [0.2, 0.25) is 0 Å². The van der Waals surface area contributed by atoms with Gasteiger partial charge in [0.05, 0.1) is 24.1 Å². The predicted octanol–water partition coefficient (Wildman–Crippen LogP) is 6.54. The molecule has 2 aromatic carbocycles. The average Bonchev–Trinajstić information content (AvgIpc) is 3.53. The van der Waals surface area contributed by atoms with Crippen molar-refractivity contribution in [3.05, 3.63) is 81.6 Å². The lowest BCUT2D eigenvalue weighted by molar-refractivity contribution is 0.0601. The number of benzene rings is 2. The molecule has 2 aromatic heterocycles. The Kier molecular flexibility index (Phi) is 6.67. The number of azo groups is 1. The number of methoxy groups -OCH3 is 1. The Morgan fingerprint density at radius 1 is 1.06 bits per heavy atom. The molecule has 1 N–H and O–H groups in total. The van der Waals surface area contributed by atoms with Gasteiger partial charge in [0, 0.05) is 16.9 Å². The normalized spacial score (nSPS) is 14.4. The molecule has 2 heterocycles. The predicted molar refractivity (Wildman–Crippen MR) is 135 cm³/mol. The molecule has 4 aromatic rings. The zero-order valence-corrected chi connectivity index (χ0v) is 20.1. The van der Waals surface area contributed by atoms with Gasteiger partial charge in [0.25, 0.3) is 0 Å². The second-order valence-electron chi connectivity index (χ2n) is 8.44. The summed E-state index contributed by atoms with van der Waals surface area (Å²) in [6.45, 7) is 0. The lowest BCUT2D eigenvalue weighted by Crippen LogP contribution is -2.13. The highest BCUT2D eigenvalue weighted by molar-refractivity contribution is 7.12. The van der Waals surface area contributed by atoms with E-state index in [2.05, 4.69) is 15.3 Å². The van der Waals surface area contributed by atoms with Crippen molar-refractivity contribution in [1.82, 2.24) is 14.8 Å². The Morgan fingerprint density at radius 3 is 2.57 bits per heavy atom. The smallest absolute Gasteiger partial charge is 0.340 e. The van der Waals surface area contributed by atoms with Gasteiger partial charge in [0.2, 0.25) is 5.13 Å². The van der Waals surface area contributed by atoms with Gasteiger partial charge in [-0.2, -0.15) is 4.68 Å². The van der Waals surface area contributed by atoms with Crippen molar-refractivity contribution in [2.45, 2.75) is 38.0 Å². The van der Waals surface area contributed by atoms with E-state index in [1.165, 1.54) is 29.5 Å². The maximum Gasteiger partial charge on any atom is 0.340 e. The standard InChI is InChI=1S/C26H25N5O3S/c1-34-25(33)19-14-8-9-15-20(19)28-29-23-22(18-12-6-3-7-13-18)30-31(24(23)32)26-27-21(16-35-26)17-10-4-2-5-11-17/h2,4-5,8-11,14-16,18,30H,3,6-7,12-13H2,1H3. The van der Waals surface area contributed by atoms with Crippen LogP contribution in [-0.4, -0.2) is 27.8 Å².